The van der Waals surface area contributed by atoms with E-state index in [9.17, 15) is 14.0 Å². The van der Waals surface area contributed by atoms with Crippen LogP contribution in [0, 0.1) is 11.2 Å². The number of carboxylic acids is 1. The molecule has 0 unspecified atom stereocenters. The van der Waals surface area contributed by atoms with Gasteiger partial charge in [0.1, 0.15) is 11.9 Å². The van der Waals surface area contributed by atoms with Crippen molar-refractivity contribution in [3.8, 4) is 0 Å². The molecule has 1 aromatic carbocycles. The van der Waals surface area contributed by atoms with Gasteiger partial charge in [0, 0.05) is 0 Å². The summed E-state index contributed by atoms with van der Waals surface area (Å²) in [5.41, 5.74) is -0.366. The first kappa shape index (κ1) is 15.1. The molecule has 1 amide bonds. The Balaban J connectivity index is 2.75. The number of carbonyl (C=O) groups is 2. The Labute approximate surface area is 111 Å². The number of halogens is 1. The van der Waals surface area contributed by atoms with E-state index in [1.54, 1.807) is 26.8 Å². The summed E-state index contributed by atoms with van der Waals surface area (Å²) in [5, 5.41) is 11.5. The summed E-state index contributed by atoms with van der Waals surface area (Å²) in [7, 11) is 0. The van der Waals surface area contributed by atoms with Crippen molar-refractivity contribution in [1.29, 1.82) is 0 Å². The molecule has 0 aliphatic heterocycles. The quantitative estimate of drug-likeness (QED) is 0.876. The zero-order valence-corrected chi connectivity index (χ0v) is 11.2. The number of carboxylic acid groups (broad SMARTS) is 1. The molecule has 19 heavy (non-hydrogen) atoms. The zero-order chi connectivity index (χ0) is 14.6. The van der Waals surface area contributed by atoms with Crippen molar-refractivity contribution in [2.75, 3.05) is 0 Å². The first-order chi connectivity index (χ1) is 8.71. The molecule has 5 heteroatoms. The summed E-state index contributed by atoms with van der Waals surface area (Å²) in [6.45, 7) is 5.15. The molecule has 4 nitrogen and oxygen atoms in total. The Morgan fingerprint density at radius 2 is 1.89 bits per heavy atom. The molecule has 0 spiro atoms. The molecule has 0 aromatic heterocycles. The second-order valence-corrected chi connectivity index (χ2v) is 5.47. The first-order valence-electron chi connectivity index (χ1n) is 5.97. The molecule has 1 rings (SSSR count). The molecule has 1 aromatic rings. The predicted molar refractivity (Wildman–Crippen MR) is 69.1 cm³/mol. The molecule has 0 fully saturated rings. The van der Waals surface area contributed by atoms with E-state index in [4.69, 9.17) is 5.11 Å². The Morgan fingerprint density at radius 3 is 2.37 bits per heavy atom. The lowest BCUT2D eigenvalue weighted by molar-refractivity contribution is -0.144. The molecule has 2 N–H and O–H groups in total. The number of hydrogen-bond acceptors (Lipinski definition) is 2. The fourth-order valence-corrected chi connectivity index (χ4v) is 1.68. The van der Waals surface area contributed by atoms with Crippen LogP contribution in [-0.4, -0.2) is 23.0 Å². The Hall–Kier alpha value is -1.91. The van der Waals surface area contributed by atoms with Gasteiger partial charge in [0.2, 0.25) is 5.91 Å². The highest BCUT2D eigenvalue weighted by Gasteiger charge is 2.32. The molecular weight excluding hydrogens is 249 g/mol. The standard InChI is InChI=1S/C14H18FNO3/c1-14(2,3)12(13(18)19)16-11(17)8-9-6-4-5-7-10(9)15/h4-7,12H,8H2,1-3H3,(H,16,17)(H,18,19)/t12-/m0/s1. The van der Waals surface area contributed by atoms with Gasteiger partial charge >= 0.3 is 5.97 Å². The largest absolute Gasteiger partial charge is 0.480 e. The van der Waals surface area contributed by atoms with Crippen molar-refractivity contribution < 1.29 is 19.1 Å². The Bertz CT molecular complexity index is 480. The molecule has 0 saturated heterocycles. The van der Waals surface area contributed by atoms with Gasteiger partial charge in [0.25, 0.3) is 0 Å². The molecule has 104 valence electrons. The average molecular weight is 267 g/mol. The van der Waals surface area contributed by atoms with Crippen molar-refractivity contribution in [2.24, 2.45) is 5.41 Å². The van der Waals surface area contributed by atoms with Crippen molar-refractivity contribution in [1.82, 2.24) is 5.32 Å². The highest BCUT2D eigenvalue weighted by molar-refractivity contribution is 5.85. The third-order valence-corrected chi connectivity index (χ3v) is 2.73. The molecule has 0 saturated carbocycles. The van der Waals surface area contributed by atoms with E-state index in [1.165, 1.54) is 18.2 Å². The monoisotopic (exact) mass is 267 g/mol. The van der Waals surface area contributed by atoms with E-state index in [-0.39, 0.29) is 12.0 Å². The molecule has 0 aliphatic carbocycles. The topological polar surface area (TPSA) is 66.4 Å². The van der Waals surface area contributed by atoms with Gasteiger partial charge in [-0.15, -0.1) is 0 Å². The minimum Gasteiger partial charge on any atom is -0.480 e. The van der Waals surface area contributed by atoms with Gasteiger partial charge < -0.3 is 10.4 Å². The highest BCUT2D eigenvalue weighted by atomic mass is 19.1. The normalized spacial score (nSPS) is 12.8. The third-order valence-electron chi connectivity index (χ3n) is 2.73. The highest BCUT2D eigenvalue weighted by Crippen LogP contribution is 2.19. The van der Waals surface area contributed by atoms with Crippen LogP contribution in [0.25, 0.3) is 0 Å². The van der Waals surface area contributed by atoms with Crippen LogP contribution < -0.4 is 5.32 Å². The maximum Gasteiger partial charge on any atom is 0.326 e. The van der Waals surface area contributed by atoms with E-state index in [1.807, 2.05) is 0 Å². The fourth-order valence-electron chi connectivity index (χ4n) is 1.68. The van der Waals surface area contributed by atoms with Crippen LogP contribution in [0.4, 0.5) is 4.39 Å². The maximum absolute atomic E-state index is 13.4. The second-order valence-electron chi connectivity index (χ2n) is 5.47. The average Bonchev–Trinajstić information content (AvgIpc) is 2.27. The van der Waals surface area contributed by atoms with Crippen LogP contribution in [0.3, 0.4) is 0 Å². The molecule has 0 heterocycles. The summed E-state index contributed by atoms with van der Waals surface area (Å²) < 4.78 is 13.4. The van der Waals surface area contributed by atoms with Crippen LogP contribution in [0.15, 0.2) is 24.3 Å². The van der Waals surface area contributed by atoms with Gasteiger partial charge in [-0.25, -0.2) is 9.18 Å². The van der Waals surface area contributed by atoms with Crippen LogP contribution >= 0.6 is 0 Å². The number of benzene rings is 1. The van der Waals surface area contributed by atoms with Gasteiger partial charge in [-0.1, -0.05) is 39.0 Å². The number of rotatable bonds is 4. The van der Waals surface area contributed by atoms with Crippen molar-refractivity contribution >= 4 is 11.9 Å². The lowest BCUT2D eigenvalue weighted by Crippen LogP contribution is -2.49. The van der Waals surface area contributed by atoms with E-state index >= 15 is 0 Å². The summed E-state index contributed by atoms with van der Waals surface area (Å²) >= 11 is 0. The van der Waals surface area contributed by atoms with Gasteiger partial charge in [-0.3, -0.25) is 4.79 Å². The second kappa shape index (κ2) is 5.82. The number of nitrogens with one attached hydrogen (secondary N) is 1. The van der Waals surface area contributed by atoms with Gasteiger partial charge in [0.15, 0.2) is 0 Å². The number of hydrogen-bond donors (Lipinski definition) is 2. The molecular formula is C14H18FNO3. The summed E-state index contributed by atoms with van der Waals surface area (Å²) in [5.74, 6) is -2.08. The van der Waals surface area contributed by atoms with Crippen molar-refractivity contribution in [3.63, 3.8) is 0 Å². The van der Waals surface area contributed by atoms with Crippen LogP contribution in [0.5, 0.6) is 0 Å². The fraction of sp³-hybridized carbons (Fsp3) is 0.429. The lowest BCUT2D eigenvalue weighted by Gasteiger charge is -2.27. The zero-order valence-electron chi connectivity index (χ0n) is 11.2. The van der Waals surface area contributed by atoms with Crippen molar-refractivity contribution in [3.05, 3.63) is 35.6 Å². The molecule has 0 aliphatic rings. The SMILES string of the molecule is CC(C)(C)[C@@H](NC(=O)Cc1ccccc1F)C(=O)O. The predicted octanol–water partition coefficient (Wildman–Crippen LogP) is 1.98. The maximum atomic E-state index is 13.4. The van der Waals surface area contributed by atoms with E-state index in [2.05, 4.69) is 5.32 Å². The lowest BCUT2D eigenvalue weighted by atomic mass is 9.86. The summed E-state index contributed by atoms with van der Waals surface area (Å²) in [4.78, 5) is 22.9. The van der Waals surface area contributed by atoms with Gasteiger partial charge in [0.05, 0.1) is 6.42 Å². The minimum absolute atomic E-state index is 0.174. The third kappa shape index (κ3) is 4.35. The smallest absolute Gasteiger partial charge is 0.326 e. The number of aliphatic carboxylic acids is 1. The molecule has 0 bridgehead atoms. The van der Waals surface area contributed by atoms with Crippen LogP contribution in [0.2, 0.25) is 0 Å². The van der Waals surface area contributed by atoms with Crippen LogP contribution in [0.1, 0.15) is 26.3 Å². The Morgan fingerprint density at radius 1 is 1.32 bits per heavy atom. The minimum atomic E-state index is -1.10. The number of amides is 1. The van der Waals surface area contributed by atoms with Gasteiger partial charge in [-0.05, 0) is 17.0 Å². The van der Waals surface area contributed by atoms with Crippen molar-refractivity contribution in [2.45, 2.75) is 33.2 Å². The summed E-state index contributed by atoms with van der Waals surface area (Å²) in [6.07, 6.45) is -0.174. The first-order valence-corrected chi connectivity index (χ1v) is 5.97. The number of carbonyl (C=O) groups excluding carboxylic acids is 1. The van der Waals surface area contributed by atoms with E-state index in [0.29, 0.717) is 0 Å². The van der Waals surface area contributed by atoms with E-state index < -0.39 is 29.2 Å². The molecule has 0 radical (unpaired) electrons. The summed E-state index contributed by atoms with van der Waals surface area (Å²) in [6, 6.07) is 4.92. The van der Waals surface area contributed by atoms with Gasteiger partial charge in [-0.2, -0.15) is 0 Å². The Kier molecular flexibility index (Phi) is 4.64. The van der Waals surface area contributed by atoms with E-state index in [0.717, 1.165) is 0 Å². The molecule has 1 atom stereocenters. The van der Waals surface area contributed by atoms with Crippen LogP contribution in [-0.2, 0) is 16.0 Å².